The molecular formula is C10H15BrN4S. The van der Waals surface area contributed by atoms with Crippen molar-refractivity contribution in [2.75, 3.05) is 35.8 Å². The molecule has 1 aliphatic heterocycles. The average Bonchev–Trinajstić information content (AvgIpc) is 2.82. The Balaban J connectivity index is 2.23. The van der Waals surface area contributed by atoms with Gasteiger partial charge in [-0.3, -0.25) is 0 Å². The molecule has 4 nitrogen and oxygen atoms in total. The zero-order chi connectivity index (χ0) is 11.5. The van der Waals surface area contributed by atoms with Crippen molar-refractivity contribution in [3.8, 4) is 0 Å². The molecular weight excluding hydrogens is 288 g/mol. The van der Waals surface area contributed by atoms with Crippen molar-refractivity contribution < 1.29 is 0 Å². The van der Waals surface area contributed by atoms with Crippen LogP contribution in [0.1, 0.15) is 6.42 Å². The van der Waals surface area contributed by atoms with Gasteiger partial charge in [-0.2, -0.15) is 16.7 Å². The van der Waals surface area contributed by atoms with Crippen LogP contribution in [0.25, 0.3) is 0 Å². The fourth-order valence-electron chi connectivity index (χ4n) is 1.73. The number of anilines is 2. The number of rotatable bonds is 3. The summed E-state index contributed by atoms with van der Waals surface area (Å²) in [4.78, 5) is 10.9. The van der Waals surface area contributed by atoms with E-state index in [1.807, 2.05) is 18.8 Å². The highest BCUT2D eigenvalue weighted by Crippen LogP contribution is 2.29. The van der Waals surface area contributed by atoms with Gasteiger partial charge in [0.25, 0.3) is 0 Å². The third-order valence-electron chi connectivity index (χ3n) is 2.74. The Hall–Kier alpha value is -0.490. The van der Waals surface area contributed by atoms with Crippen LogP contribution in [0.4, 0.5) is 11.8 Å². The number of nitrogens with zero attached hydrogens (tertiary/aromatic N) is 3. The Bertz CT molecular complexity index is 368. The second-order valence-corrected chi connectivity index (χ2v) is 5.75. The minimum atomic E-state index is 0.584. The topological polar surface area (TPSA) is 41.1 Å². The molecule has 0 radical (unpaired) electrons. The Morgan fingerprint density at radius 2 is 2.44 bits per heavy atom. The maximum atomic E-state index is 4.48. The largest absolute Gasteiger partial charge is 0.357 e. The second-order valence-electron chi connectivity index (χ2n) is 3.74. The van der Waals surface area contributed by atoms with Gasteiger partial charge in [0.1, 0.15) is 5.82 Å². The first kappa shape index (κ1) is 12.0. The average molecular weight is 303 g/mol. The quantitative estimate of drug-likeness (QED) is 0.927. The summed E-state index contributed by atoms with van der Waals surface area (Å²) in [5.41, 5.74) is 0. The molecule has 1 N–H and O–H groups in total. The summed E-state index contributed by atoms with van der Waals surface area (Å²) in [7, 11) is 3.93. The number of nitrogens with one attached hydrogen (secondary N) is 1. The van der Waals surface area contributed by atoms with Crippen LogP contribution in [-0.2, 0) is 0 Å². The first-order valence-corrected chi connectivity index (χ1v) is 7.18. The molecule has 2 rings (SSSR count). The maximum Gasteiger partial charge on any atom is 0.224 e. The van der Waals surface area contributed by atoms with Gasteiger partial charge in [-0.1, -0.05) is 0 Å². The lowest BCUT2D eigenvalue weighted by atomic mass is 10.2. The van der Waals surface area contributed by atoms with Crippen molar-refractivity contribution >= 4 is 39.5 Å². The standard InChI is InChI=1S/C10H15BrN4S/c1-12-10-13-5-8(11)9(14-10)15(2)7-3-4-16-6-7/h5,7H,3-4,6H2,1-2H3,(H,12,13,14). The van der Waals surface area contributed by atoms with Crippen molar-refractivity contribution in [3.63, 3.8) is 0 Å². The summed E-state index contributed by atoms with van der Waals surface area (Å²) in [6.45, 7) is 0. The van der Waals surface area contributed by atoms with Crippen molar-refractivity contribution in [1.82, 2.24) is 9.97 Å². The third kappa shape index (κ3) is 2.43. The summed E-state index contributed by atoms with van der Waals surface area (Å²) in [6, 6.07) is 0.584. The number of hydrogen-bond acceptors (Lipinski definition) is 5. The SMILES string of the molecule is CNc1ncc(Br)c(N(C)C2CCSC2)n1. The predicted molar refractivity (Wildman–Crippen MR) is 73.4 cm³/mol. The van der Waals surface area contributed by atoms with Crippen LogP contribution < -0.4 is 10.2 Å². The molecule has 1 atom stereocenters. The summed E-state index contributed by atoms with van der Waals surface area (Å²) in [6.07, 6.45) is 3.03. The van der Waals surface area contributed by atoms with Gasteiger partial charge in [-0.05, 0) is 28.1 Å². The molecule has 0 saturated carbocycles. The second kappa shape index (κ2) is 5.23. The summed E-state index contributed by atoms with van der Waals surface area (Å²) >= 11 is 5.51. The Morgan fingerprint density at radius 3 is 3.06 bits per heavy atom. The molecule has 0 aliphatic carbocycles. The normalized spacial score (nSPS) is 19.8. The van der Waals surface area contributed by atoms with Gasteiger partial charge >= 0.3 is 0 Å². The minimum absolute atomic E-state index is 0.584. The van der Waals surface area contributed by atoms with Crippen molar-refractivity contribution in [1.29, 1.82) is 0 Å². The lowest BCUT2D eigenvalue weighted by Gasteiger charge is -2.25. The van der Waals surface area contributed by atoms with Gasteiger partial charge in [0, 0.05) is 32.1 Å². The Kier molecular flexibility index (Phi) is 3.91. The molecule has 88 valence electrons. The smallest absolute Gasteiger partial charge is 0.224 e. The predicted octanol–water partition coefficient (Wildman–Crippen LogP) is 2.22. The van der Waals surface area contributed by atoms with Crippen molar-refractivity contribution in [2.24, 2.45) is 0 Å². The lowest BCUT2D eigenvalue weighted by molar-refractivity contribution is 0.689. The molecule has 1 saturated heterocycles. The van der Waals surface area contributed by atoms with Crippen LogP contribution >= 0.6 is 27.7 Å². The van der Waals surface area contributed by atoms with Crippen molar-refractivity contribution in [2.45, 2.75) is 12.5 Å². The Morgan fingerprint density at radius 1 is 1.62 bits per heavy atom. The van der Waals surface area contributed by atoms with Crippen LogP contribution in [0.5, 0.6) is 0 Å². The van der Waals surface area contributed by atoms with E-state index in [1.54, 1.807) is 6.20 Å². The number of halogens is 1. The van der Waals surface area contributed by atoms with Crippen molar-refractivity contribution in [3.05, 3.63) is 10.7 Å². The van der Waals surface area contributed by atoms with Gasteiger partial charge in [-0.25, -0.2) is 4.98 Å². The monoisotopic (exact) mass is 302 g/mol. The zero-order valence-corrected chi connectivity index (χ0v) is 11.8. The Labute approximate surface area is 108 Å². The molecule has 0 aromatic carbocycles. The molecule has 0 bridgehead atoms. The van der Waals surface area contributed by atoms with Gasteiger partial charge in [-0.15, -0.1) is 0 Å². The van der Waals surface area contributed by atoms with E-state index in [0.29, 0.717) is 12.0 Å². The first-order chi connectivity index (χ1) is 7.72. The molecule has 1 aliphatic rings. The summed E-state index contributed by atoms with van der Waals surface area (Å²) in [5.74, 6) is 4.06. The molecule has 0 spiro atoms. The van der Waals surface area contributed by atoms with E-state index in [-0.39, 0.29) is 0 Å². The van der Waals surface area contributed by atoms with Gasteiger partial charge in [0.05, 0.1) is 4.47 Å². The van der Waals surface area contributed by atoms with E-state index in [0.717, 1.165) is 10.3 Å². The van der Waals surface area contributed by atoms with Crippen LogP contribution in [-0.4, -0.2) is 41.6 Å². The number of hydrogen-bond donors (Lipinski definition) is 1. The van der Waals surface area contributed by atoms with Gasteiger partial charge < -0.3 is 10.2 Å². The number of thioether (sulfide) groups is 1. The first-order valence-electron chi connectivity index (χ1n) is 5.23. The molecule has 0 amide bonds. The highest BCUT2D eigenvalue weighted by molar-refractivity contribution is 9.10. The molecule has 1 unspecified atom stereocenters. The van der Waals surface area contributed by atoms with Crippen LogP contribution in [0.3, 0.4) is 0 Å². The molecule has 1 aromatic rings. The highest BCUT2D eigenvalue weighted by atomic mass is 79.9. The maximum absolute atomic E-state index is 4.48. The third-order valence-corrected chi connectivity index (χ3v) is 4.44. The minimum Gasteiger partial charge on any atom is -0.357 e. The fraction of sp³-hybridized carbons (Fsp3) is 0.600. The van der Waals surface area contributed by atoms with E-state index in [4.69, 9.17) is 0 Å². The highest BCUT2D eigenvalue weighted by Gasteiger charge is 2.22. The summed E-state index contributed by atoms with van der Waals surface area (Å²) in [5, 5.41) is 2.97. The van der Waals surface area contributed by atoms with Crippen LogP contribution in [0, 0.1) is 0 Å². The molecule has 1 aromatic heterocycles. The molecule has 6 heteroatoms. The molecule has 16 heavy (non-hydrogen) atoms. The fourth-order valence-corrected chi connectivity index (χ4v) is 3.46. The van der Waals surface area contributed by atoms with Crippen LogP contribution in [0.2, 0.25) is 0 Å². The summed E-state index contributed by atoms with van der Waals surface area (Å²) < 4.78 is 0.950. The molecule has 1 fully saturated rings. The number of aromatic nitrogens is 2. The van der Waals surface area contributed by atoms with E-state index < -0.39 is 0 Å². The van der Waals surface area contributed by atoms with E-state index in [2.05, 4.69) is 43.2 Å². The lowest BCUT2D eigenvalue weighted by Crippen LogP contribution is -2.32. The van der Waals surface area contributed by atoms with Crippen LogP contribution in [0.15, 0.2) is 10.7 Å². The van der Waals surface area contributed by atoms with E-state index in [1.165, 1.54) is 17.9 Å². The zero-order valence-electron chi connectivity index (χ0n) is 9.40. The molecule has 2 heterocycles. The van der Waals surface area contributed by atoms with E-state index in [9.17, 15) is 0 Å². The van der Waals surface area contributed by atoms with E-state index >= 15 is 0 Å². The van der Waals surface area contributed by atoms with Gasteiger partial charge in [0.15, 0.2) is 0 Å². The van der Waals surface area contributed by atoms with Gasteiger partial charge in [0.2, 0.25) is 5.95 Å².